The van der Waals surface area contributed by atoms with Crippen molar-refractivity contribution in [2.75, 3.05) is 0 Å². The number of fused-ring (bicyclic) bond motifs is 11. The summed E-state index contributed by atoms with van der Waals surface area (Å²) in [5.41, 5.74) is 7.57. The molecular weight excluding hydrogens is 733 g/mol. The van der Waals surface area contributed by atoms with Crippen molar-refractivity contribution in [3.05, 3.63) is 194 Å². The third-order valence-corrected chi connectivity index (χ3v) is 12.2. The summed E-state index contributed by atoms with van der Waals surface area (Å²) in [6.07, 6.45) is 0. The molecule has 0 aliphatic rings. The molecular formula is C55H32N4O. The first-order valence-electron chi connectivity index (χ1n) is 20.3. The third kappa shape index (κ3) is 4.90. The second kappa shape index (κ2) is 12.7. The van der Waals surface area contributed by atoms with Crippen molar-refractivity contribution in [1.29, 1.82) is 0 Å². The number of nitrogens with zero attached hydrogens (tertiary/aromatic N) is 4. The quantitative estimate of drug-likeness (QED) is 0.179. The van der Waals surface area contributed by atoms with Crippen LogP contribution in [0, 0.1) is 0 Å². The van der Waals surface area contributed by atoms with Gasteiger partial charge in [-0.3, -0.25) is 0 Å². The van der Waals surface area contributed by atoms with Gasteiger partial charge in [0.15, 0.2) is 17.5 Å². The minimum atomic E-state index is 0.565. The summed E-state index contributed by atoms with van der Waals surface area (Å²) in [6, 6.07) is 68.6. The molecule has 5 heteroatoms. The number of benzene rings is 10. The highest BCUT2D eigenvalue weighted by molar-refractivity contribution is 6.20. The molecule has 0 atom stereocenters. The molecule has 0 saturated heterocycles. The third-order valence-electron chi connectivity index (χ3n) is 12.2. The molecule has 0 amide bonds. The van der Waals surface area contributed by atoms with Gasteiger partial charge in [0.05, 0.1) is 22.1 Å². The fourth-order valence-electron chi connectivity index (χ4n) is 9.42. The van der Waals surface area contributed by atoms with Crippen molar-refractivity contribution in [3.8, 4) is 39.9 Å². The SMILES string of the molecule is c1ccc2cc3c(cc2c1)c1ccccc1n3-c1cc(-c2nc(-c3cccc4ccccc34)nc(-c3cccc4ccccc34)n2)cc2oc3c4ccccc4ccc3c12. The Hall–Kier alpha value is -8.15. The van der Waals surface area contributed by atoms with E-state index in [0.717, 1.165) is 87.7 Å². The summed E-state index contributed by atoms with van der Waals surface area (Å²) in [5.74, 6) is 1.79. The highest BCUT2D eigenvalue weighted by Gasteiger charge is 2.23. The Bertz CT molecular complexity index is 3810. The van der Waals surface area contributed by atoms with Crippen molar-refractivity contribution in [3.63, 3.8) is 0 Å². The van der Waals surface area contributed by atoms with Crippen molar-refractivity contribution >= 4 is 86.8 Å². The molecule has 0 aliphatic carbocycles. The van der Waals surface area contributed by atoms with Crippen molar-refractivity contribution in [1.82, 2.24) is 19.5 Å². The second-order valence-corrected chi connectivity index (χ2v) is 15.6. The van der Waals surface area contributed by atoms with E-state index < -0.39 is 0 Å². The molecule has 0 saturated carbocycles. The van der Waals surface area contributed by atoms with E-state index in [0.29, 0.717) is 17.5 Å². The van der Waals surface area contributed by atoms with E-state index in [1.54, 1.807) is 0 Å². The molecule has 13 rings (SSSR count). The van der Waals surface area contributed by atoms with E-state index in [9.17, 15) is 0 Å². The van der Waals surface area contributed by atoms with E-state index in [1.807, 2.05) is 0 Å². The molecule has 0 aliphatic heterocycles. The normalized spacial score (nSPS) is 12.0. The summed E-state index contributed by atoms with van der Waals surface area (Å²) in [7, 11) is 0. The average molecular weight is 765 g/mol. The summed E-state index contributed by atoms with van der Waals surface area (Å²) >= 11 is 0. The van der Waals surface area contributed by atoms with E-state index in [2.05, 4.69) is 199 Å². The van der Waals surface area contributed by atoms with Crippen LogP contribution in [0.5, 0.6) is 0 Å². The highest BCUT2D eigenvalue weighted by atomic mass is 16.3. The molecule has 0 bridgehead atoms. The molecule has 0 unspecified atom stereocenters. The molecule has 0 N–H and O–H groups in total. The fraction of sp³-hybridized carbons (Fsp3) is 0. The topological polar surface area (TPSA) is 56.7 Å². The van der Waals surface area contributed by atoms with Crippen molar-refractivity contribution in [2.45, 2.75) is 0 Å². The first-order chi connectivity index (χ1) is 29.7. The zero-order chi connectivity index (χ0) is 39.3. The monoisotopic (exact) mass is 764 g/mol. The molecule has 0 radical (unpaired) electrons. The van der Waals surface area contributed by atoms with Gasteiger partial charge in [-0.2, -0.15) is 0 Å². The van der Waals surface area contributed by atoms with E-state index >= 15 is 0 Å². The Balaban J connectivity index is 1.17. The Kier molecular flexibility index (Phi) is 6.95. The lowest BCUT2D eigenvalue weighted by atomic mass is 10.0. The van der Waals surface area contributed by atoms with Crippen LogP contribution in [0.25, 0.3) is 127 Å². The number of aromatic nitrogens is 4. The van der Waals surface area contributed by atoms with Crippen LogP contribution in [0.15, 0.2) is 199 Å². The molecule has 13 aromatic rings. The van der Waals surface area contributed by atoms with Gasteiger partial charge in [0.25, 0.3) is 0 Å². The predicted octanol–water partition coefficient (Wildman–Crippen LogP) is 14.5. The van der Waals surface area contributed by atoms with Gasteiger partial charge in [0, 0.05) is 38.2 Å². The van der Waals surface area contributed by atoms with Gasteiger partial charge in [0.2, 0.25) is 0 Å². The minimum absolute atomic E-state index is 0.565. The van der Waals surface area contributed by atoms with Crippen LogP contribution >= 0.6 is 0 Å². The van der Waals surface area contributed by atoms with Gasteiger partial charge in [-0.15, -0.1) is 0 Å². The maximum atomic E-state index is 7.02. The number of para-hydroxylation sites is 1. The van der Waals surface area contributed by atoms with Gasteiger partial charge < -0.3 is 8.98 Å². The zero-order valence-corrected chi connectivity index (χ0v) is 32.2. The van der Waals surface area contributed by atoms with Crippen molar-refractivity contribution in [2.24, 2.45) is 0 Å². The van der Waals surface area contributed by atoms with Crippen LogP contribution in [0.3, 0.4) is 0 Å². The summed E-state index contributed by atoms with van der Waals surface area (Å²) in [5, 5.41) is 13.5. The Morgan fingerprint density at radius 1 is 0.350 bits per heavy atom. The number of hydrogen-bond acceptors (Lipinski definition) is 4. The predicted molar refractivity (Wildman–Crippen MR) is 248 cm³/mol. The lowest BCUT2D eigenvalue weighted by Gasteiger charge is -2.14. The maximum Gasteiger partial charge on any atom is 0.164 e. The lowest BCUT2D eigenvalue weighted by molar-refractivity contribution is 0.672. The zero-order valence-electron chi connectivity index (χ0n) is 32.2. The minimum Gasteiger partial charge on any atom is -0.455 e. The van der Waals surface area contributed by atoms with Gasteiger partial charge in [-0.25, -0.2) is 15.0 Å². The van der Waals surface area contributed by atoms with Gasteiger partial charge in [-0.05, 0) is 74.1 Å². The molecule has 5 nitrogen and oxygen atoms in total. The summed E-state index contributed by atoms with van der Waals surface area (Å²) in [4.78, 5) is 16.0. The van der Waals surface area contributed by atoms with Crippen LogP contribution in [0.4, 0.5) is 0 Å². The smallest absolute Gasteiger partial charge is 0.164 e. The number of furan rings is 1. The molecule has 60 heavy (non-hydrogen) atoms. The molecule has 10 aromatic carbocycles. The molecule has 3 aromatic heterocycles. The highest BCUT2D eigenvalue weighted by Crippen LogP contribution is 2.44. The lowest BCUT2D eigenvalue weighted by Crippen LogP contribution is -2.02. The second-order valence-electron chi connectivity index (χ2n) is 15.6. The van der Waals surface area contributed by atoms with Gasteiger partial charge in [0.1, 0.15) is 11.2 Å². The largest absolute Gasteiger partial charge is 0.455 e. The number of rotatable bonds is 4. The van der Waals surface area contributed by atoms with Gasteiger partial charge in [-0.1, -0.05) is 158 Å². The van der Waals surface area contributed by atoms with Crippen molar-refractivity contribution < 1.29 is 4.42 Å². The fourth-order valence-corrected chi connectivity index (χ4v) is 9.42. The summed E-state index contributed by atoms with van der Waals surface area (Å²) < 4.78 is 9.43. The first-order valence-corrected chi connectivity index (χ1v) is 20.3. The van der Waals surface area contributed by atoms with Crippen LogP contribution in [0.2, 0.25) is 0 Å². The Morgan fingerprint density at radius 3 is 1.57 bits per heavy atom. The Labute approximate surface area is 343 Å². The van der Waals surface area contributed by atoms with Crippen LogP contribution in [-0.4, -0.2) is 19.5 Å². The average Bonchev–Trinajstić information content (AvgIpc) is 3.85. The standard InChI is InChI=1S/C55H32N4O/c1-2-17-37-30-48-46(29-36(37)16-1)42-23-9-10-26-47(42)59(48)49-31-38(32-50-51(49)45-28-27-35-15-5-8-22-41(35)52(45)60-50)53-56-54(43-24-11-18-33-13-3-6-20-39(33)43)58-55(57-53)44-25-12-19-34-14-4-7-21-40(34)44/h1-32H. The van der Waals surface area contributed by atoms with E-state index in [-0.39, 0.29) is 0 Å². The van der Waals surface area contributed by atoms with Crippen LogP contribution in [-0.2, 0) is 0 Å². The summed E-state index contributed by atoms with van der Waals surface area (Å²) in [6.45, 7) is 0. The van der Waals surface area contributed by atoms with Crippen LogP contribution < -0.4 is 0 Å². The van der Waals surface area contributed by atoms with E-state index in [1.165, 1.54) is 21.5 Å². The Morgan fingerprint density at radius 2 is 0.883 bits per heavy atom. The van der Waals surface area contributed by atoms with Gasteiger partial charge >= 0.3 is 0 Å². The molecule has 278 valence electrons. The molecule has 0 spiro atoms. The number of hydrogen-bond donors (Lipinski definition) is 0. The van der Waals surface area contributed by atoms with Crippen LogP contribution in [0.1, 0.15) is 0 Å². The maximum absolute atomic E-state index is 7.02. The molecule has 3 heterocycles. The molecule has 0 fully saturated rings. The first kappa shape index (κ1) is 32.9. The van der Waals surface area contributed by atoms with E-state index in [4.69, 9.17) is 19.4 Å².